The van der Waals surface area contributed by atoms with E-state index in [1.807, 2.05) is 47.0 Å². The van der Waals surface area contributed by atoms with Gasteiger partial charge in [0.25, 0.3) is 0 Å². The molecule has 2 aromatic rings. The molecule has 0 atom stereocenters. The Bertz CT molecular complexity index is 679. The molecule has 0 radical (unpaired) electrons. The van der Waals surface area contributed by atoms with E-state index in [2.05, 4.69) is 73.8 Å². The maximum atomic E-state index is 5.91. The number of benzene rings is 2. The molecule has 0 heterocycles. The summed E-state index contributed by atoms with van der Waals surface area (Å²) in [6, 6.07) is 17.0. The Morgan fingerprint density at radius 1 is 0.486 bits per heavy atom. The van der Waals surface area contributed by atoms with Crippen molar-refractivity contribution in [2.75, 3.05) is 70.7 Å². The number of hydrogen-bond donors (Lipinski definition) is 2. The van der Waals surface area contributed by atoms with E-state index in [0.29, 0.717) is 0 Å². The van der Waals surface area contributed by atoms with Crippen LogP contribution in [0.25, 0.3) is 0 Å². The third kappa shape index (κ3) is 16.6. The van der Waals surface area contributed by atoms with E-state index in [1.54, 1.807) is 0 Å². The van der Waals surface area contributed by atoms with Gasteiger partial charge in [-0.15, -0.1) is 0 Å². The van der Waals surface area contributed by atoms with Gasteiger partial charge in [0.05, 0.1) is 13.2 Å². The predicted molar refractivity (Wildman–Crippen MR) is 173 cm³/mol. The number of ether oxygens (including phenoxy) is 2. The van der Waals surface area contributed by atoms with Crippen molar-refractivity contribution in [2.24, 2.45) is 0 Å². The van der Waals surface area contributed by atoms with Crippen LogP contribution >= 0.6 is 72.3 Å². The molecule has 2 nitrogen and oxygen atoms in total. The summed E-state index contributed by atoms with van der Waals surface area (Å²) in [7, 11) is 0. The Morgan fingerprint density at radius 3 is 1.23 bits per heavy atom. The molecule has 0 aliphatic carbocycles. The third-order valence-electron chi connectivity index (χ3n) is 4.87. The standard InChI is InChI=1S/C27H40O2S6/c30-13-17-34-21-19-32-15-1-11-28-26-7-3-24(4-8-26)23-25-5-9-27(10-6-25)29-12-2-16-33-20-22-35-18-14-31/h3-10,30-31H,1-2,11-23H2. The maximum absolute atomic E-state index is 5.91. The van der Waals surface area contributed by atoms with Gasteiger partial charge in [-0.2, -0.15) is 72.3 Å². The normalized spacial score (nSPS) is 11.0. The van der Waals surface area contributed by atoms with E-state index < -0.39 is 0 Å². The summed E-state index contributed by atoms with van der Waals surface area (Å²) in [4.78, 5) is 0. The van der Waals surface area contributed by atoms with Crippen molar-refractivity contribution in [1.29, 1.82) is 0 Å². The van der Waals surface area contributed by atoms with Crippen LogP contribution in [0.5, 0.6) is 11.5 Å². The average molecular weight is 589 g/mol. The first-order chi connectivity index (χ1) is 17.3. The van der Waals surface area contributed by atoms with Crippen molar-refractivity contribution in [3.63, 3.8) is 0 Å². The molecule has 196 valence electrons. The van der Waals surface area contributed by atoms with Crippen molar-refractivity contribution < 1.29 is 9.47 Å². The highest BCUT2D eigenvalue weighted by Gasteiger charge is 2.01. The van der Waals surface area contributed by atoms with Gasteiger partial charge in [0.15, 0.2) is 0 Å². The fourth-order valence-corrected chi connectivity index (χ4v) is 7.50. The summed E-state index contributed by atoms with van der Waals surface area (Å²) >= 11 is 16.5. The molecule has 0 unspecified atom stereocenters. The van der Waals surface area contributed by atoms with Gasteiger partial charge in [-0.1, -0.05) is 24.3 Å². The van der Waals surface area contributed by atoms with Gasteiger partial charge in [0.1, 0.15) is 11.5 Å². The van der Waals surface area contributed by atoms with Gasteiger partial charge in [-0.05, 0) is 77.7 Å². The highest BCUT2D eigenvalue weighted by Crippen LogP contribution is 2.19. The second-order valence-electron chi connectivity index (χ2n) is 7.77. The molecule has 0 spiro atoms. The SMILES string of the molecule is SCCSCCSCCCOc1ccc(Cc2ccc(OCCCSCCSCCS)cc2)cc1. The zero-order valence-corrected chi connectivity index (χ0v) is 25.6. The number of rotatable bonds is 22. The molecule has 0 N–H and O–H groups in total. The quantitative estimate of drug-likeness (QED) is 0.108. The molecule has 0 aliphatic heterocycles. The van der Waals surface area contributed by atoms with Crippen molar-refractivity contribution in [3.05, 3.63) is 59.7 Å². The number of thioether (sulfide) groups is 4. The van der Waals surface area contributed by atoms with Gasteiger partial charge >= 0.3 is 0 Å². The second-order valence-corrected chi connectivity index (χ2v) is 13.6. The molecule has 8 heteroatoms. The molecule has 0 amide bonds. The van der Waals surface area contributed by atoms with Crippen molar-refractivity contribution in [3.8, 4) is 11.5 Å². The summed E-state index contributed by atoms with van der Waals surface area (Å²) < 4.78 is 11.8. The Labute approximate surface area is 241 Å². The smallest absolute Gasteiger partial charge is 0.119 e. The minimum atomic E-state index is 0.783. The molecule has 0 fully saturated rings. The Kier molecular flexibility index (Phi) is 19.8. The Balaban J connectivity index is 1.54. The lowest BCUT2D eigenvalue weighted by molar-refractivity contribution is 0.318. The first kappa shape index (κ1) is 31.4. The lowest BCUT2D eigenvalue weighted by Gasteiger charge is -2.09. The topological polar surface area (TPSA) is 18.5 Å². The van der Waals surface area contributed by atoms with Crippen molar-refractivity contribution in [2.45, 2.75) is 19.3 Å². The van der Waals surface area contributed by atoms with Gasteiger partial charge < -0.3 is 9.47 Å². The van der Waals surface area contributed by atoms with E-state index in [-0.39, 0.29) is 0 Å². The highest BCUT2D eigenvalue weighted by molar-refractivity contribution is 8.03. The van der Waals surface area contributed by atoms with Crippen molar-refractivity contribution in [1.82, 2.24) is 0 Å². The predicted octanol–water partition coefficient (Wildman–Crippen LogP) is 7.61. The van der Waals surface area contributed by atoms with E-state index in [0.717, 1.165) is 78.5 Å². The molecular weight excluding hydrogens is 549 g/mol. The second kappa shape index (κ2) is 22.2. The Morgan fingerprint density at radius 2 is 0.857 bits per heavy atom. The minimum Gasteiger partial charge on any atom is -0.494 e. The molecule has 0 aliphatic rings. The summed E-state index contributed by atoms with van der Waals surface area (Å²) in [6.45, 7) is 1.57. The van der Waals surface area contributed by atoms with Gasteiger partial charge in [-0.3, -0.25) is 0 Å². The average Bonchev–Trinajstić information content (AvgIpc) is 2.88. The van der Waals surface area contributed by atoms with Crippen LogP contribution in [0, 0.1) is 0 Å². The molecule has 2 aromatic carbocycles. The lowest BCUT2D eigenvalue weighted by Crippen LogP contribution is -2.00. The summed E-state index contributed by atoms with van der Waals surface area (Å²) in [5.74, 6) is 13.4. The molecule has 0 aromatic heterocycles. The molecule has 0 bridgehead atoms. The van der Waals surface area contributed by atoms with Gasteiger partial charge in [0, 0.05) is 34.5 Å². The first-order valence-electron chi connectivity index (χ1n) is 12.3. The summed E-state index contributed by atoms with van der Waals surface area (Å²) in [6.07, 6.45) is 3.10. The first-order valence-corrected chi connectivity index (χ1v) is 18.2. The van der Waals surface area contributed by atoms with E-state index in [1.165, 1.54) is 34.1 Å². The maximum Gasteiger partial charge on any atom is 0.119 e. The summed E-state index contributed by atoms with van der Waals surface area (Å²) in [5, 5.41) is 0. The van der Waals surface area contributed by atoms with Crippen LogP contribution in [-0.4, -0.2) is 70.7 Å². The summed E-state index contributed by atoms with van der Waals surface area (Å²) in [5.41, 5.74) is 2.59. The van der Waals surface area contributed by atoms with E-state index >= 15 is 0 Å². The van der Waals surface area contributed by atoms with Crippen LogP contribution in [0.15, 0.2) is 48.5 Å². The van der Waals surface area contributed by atoms with Gasteiger partial charge in [-0.25, -0.2) is 0 Å². The van der Waals surface area contributed by atoms with Crippen LogP contribution < -0.4 is 9.47 Å². The van der Waals surface area contributed by atoms with Crippen LogP contribution in [0.4, 0.5) is 0 Å². The largest absolute Gasteiger partial charge is 0.494 e. The zero-order valence-electron chi connectivity index (χ0n) is 20.6. The van der Waals surface area contributed by atoms with Crippen LogP contribution in [0.2, 0.25) is 0 Å². The monoisotopic (exact) mass is 588 g/mol. The third-order valence-corrected chi connectivity index (χ3v) is 10.6. The number of hydrogen-bond acceptors (Lipinski definition) is 8. The fourth-order valence-electron chi connectivity index (χ4n) is 3.12. The molecule has 0 saturated carbocycles. The van der Waals surface area contributed by atoms with Crippen LogP contribution in [-0.2, 0) is 6.42 Å². The van der Waals surface area contributed by atoms with Gasteiger partial charge in [0.2, 0.25) is 0 Å². The molecular formula is C27H40O2S6. The minimum absolute atomic E-state index is 0.783. The van der Waals surface area contributed by atoms with E-state index in [9.17, 15) is 0 Å². The van der Waals surface area contributed by atoms with Crippen LogP contribution in [0.3, 0.4) is 0 Å². The highest BCUT2D eigenvalue weighted by atomic mass is 32.2. The fraction of sp³-hybridized carbons (Fsp3) is 0.556. The Hall–Kier alpha value is 0.140. The lowest BCUT2D eigenvalue weighted by atomic mass is 10.0. The number of thiol groups is 2. The van der Waals surface area contributed by atoms with E-state index in [4.69, 9.17) is 9.47 Å². The molecule has 0 saturated heterocycles. The molecule has 35 heavy (non-hydrogen) atoms. The molecule has 2 rings (SSSR count). The van der Waals surface area contributed by atoms with Crippen LogP contribution in [0.1, 0.15) is 24.0 Å². The van der Waals surface area contributed by atoms with Crippen molar-refractivity contribution >= 4 is 72.3 Å². The zero-order chi connectivity index (χ0) is 24.8.